The van der Waals surface area contributed by atoms with Gasteiger partial charge in [0.25, 0.3) is 0 Å². The maximum Gasteiger partial charge on any atom is 0.249 e. The van der Waals surface area contributed by atoms with E-state index >= 15 is 0 Å². The number of rotatable bonds is 7. The second-order valence-corrected chi connectivity index (χ2v) is 6.69. The van der Waals surface area contributed by atoms with E-state index in [2.05, 4.69) is 30.5 Å². The van der Waals surface area contributed by atoms with Gasteiger partial charge in [-0.1, -0.05) is 24.3 Å². The third kappa shape index (κ3) is 5.05. The molecule has 0 aliphatic rings. The second-order valence-electron chi connectivity index (χ2n) is 6.69. The van der Waals surface area contributed by atoms with Crippen LogP contribution in [0.4, 0.5) is 5.95 Å². The number of aromatic amines is 1. The fourth-order valence-corrected chi connectivity index (χ4v) is 2.86. The van der Waals surface area contributed by atoms with Crippen molar-refractivity contribution in [3.63, 3.8) is 0 Å². The third-order valence-corrected chi connectivity index (χ3v) is 4.26. The topological polar surface area (TPSA) is 106 Å². The zero-order valence-electron chi connectivity index (χ0n) is 16.4. The van der Waals surface area contributed by atoms with Gasteiger partial charge in [0.2, 0.25) is 11.9 Å². The molecule has 0 spiro atoms. The van der Waals surface area contributed by atoms with Crippen LogP contribution in [0.1, 0.15) is 16.8 Å². The molecule has 0 aliphatic carbocycles. The Labute approximate surface area is 173 Å². The summed E-state index contributed by atoms with van der Waals surface area (Å²) in [6.45, 7) is 2.31. The van der Waals surface area contributed by atoms with E-state index in [1.54, 1.807) is 12.4 Å². The molecule has 8 heteroatoms. The Balaban J connectivity index is 1.35. The van der Waals surface area contributed by atoms with E-state index in [0.717, 1.165) is 16.8 Å². The zero-order chi connectivity index (χ0) is 20.8. The van der Waals surface area contributed by atoms with E-state index in [1.165, 1.54) is 0 Å². The highest BCUT2D eigenvalue weighted by Gasteiger charge is 2.11. The fraction of sp³-hybridized carbons (Fsp3) is 0.136. The average molecular weight is 400 g/mol. The van der Waals surface area contributed by atoms with Crippen molar-refractivity contribution in [3.8, 4) is 17.3 Å². The highest BCUT2D eigenvalue weighted by Crippen LogP contribution is 2.17. The average Bonchev–Trinajstić information content (AvgIpc) is 3.22. The summed E-state index contributed by atoms with van der Waals surface area (Å²) in [6.07, 6.45) is 3.66. The fourth-order valence-electron chi connectivity index (χ4n) is 2.86. The lowest BCUT2D eigenvalue weighted by Gasteiger charge is -2.08. The number of hydrogen-bond donors (Lipinski definition) is 2. The molecule has 0 aliphatic heterocycles. The number of H-pyrrole nitrogens is 1. The molecule has 3 heterocycles. The molecule has 3 aromatic heterocycles. The predicted octanol–water partition coefficient (Wildman–Crippen LogP) is 3.33. The van der Waals surface area contributed by atoms with Gasteiger partial charge in [0.05, 0.1) is 6.42 Å². The van der Waals surface area contributed by atoms with Crippen molar-refractivity contribution < 1.29 is 9.53 Å². The summed E-state index contributed by atoms with van der Waals surface area (Å²) in [6, 6.07) is 16.9. The lowest BCUT2D eigenvalue weighted by Crippen LogP contribution is -2.15. The number of aromatic nitrogens is 5. The standard InChI is InChI=1S/C22H20N6O2/c1-15-5-2-9-19(24-15)21-26-22(28-27-21)25-20(29)12-16-6-3-8-18(11-16)30-14-17-7-4-10-23-13-17/h2-11,13H,12,14H2,1H3,(H2,25,26,27,28,29). The van der Waals surface area contributed by atoms with E-state index in [1.807, 2.05) is 61.5 Å². The minimum atomic E-state index is -0.220. The van der Waals surface area contributed by atoms with Gasteiger partial charge < -0.3 is 4.74 Å². The number of pyridine rings is 2. The first-order valence-electron chi connectivity index (χ1n) is 9.43. The Kier molecular flexibility index (Phi) is 5.75. The Morgan fingerprint density at radius 1 is 1.07 bits per heavy atom. The SMILES string of the molecule is Cc1cccc(-c2nc(NC(=O)Cc3cccc(OCc4cccnc4)c3)n[nH]2)n1. The van der Waals surface area contributed by atoms with Gasteiger partial charge in [0.15, 0.2) is 5.82 Å². The number of amides is 1. The van der Waals surface area contributed by atoms with Gasteiger partial charge >= 0.3 is 0 Å². The number of carbonyl (C=O) groups excluding carboxylic acids is 1. The van der Waals surface area contributed by atoms with E-state index in [9.17, 15) is 4.79 Å². The highest BCUT2D eigenvalue weighted by molar-refractivity contribution is 5.90. The molecule has 0 bridgehead atoms. The van der Waals surface area contributed by atoms with Gasteiger partial charge in [-0.25, -0.2) is 4.98 Å². The van der Waals surface area contributed by atoms with Gasteiger partial charge in [-0.3, -0.25) is 20.2 Å². The number of nitrogens with zero attached hydrogens (tertiary/aromatic N) is 4. The van der Waals surface area contributed by atoms with Crippen LogP contribution in [0.5, 0.6) is 5.75 Å². The quantitative estimate of drug-likeness (QED) is 0.493. The van der Waals surface area contributed by atoms with Gasteiger partial charge in [0.1, 0.15) is 18.1 Å². The summed E-state index contributed by atoms with van der Waals surface area (Å²) in [5.74, 6) is 1.18. The number of carbonyl (C=O) groups is 1. The zero-order valence-corrected chi connectivity index (χ0v) is 16.4. The summed E-state index contributed by atoms with van der Waals surface area (Å²) in [5.41, 5.74) is 3.35. The van der Waals surface area contributed by atoms with Crippen LogP contribution in [0.25, 0.3) is 11.5 Å². The first kappa shape index (κ1) is 19.3. The molecular formula is C22H20N6O2. The van der Waals surface area contributed by atoms with Crippen molar-refractivity contribution >= 4 is 11.9 Å². The van der Waals surface area contributed by atoms with Crippen LogP contribution in [-0.4, -0.2) is 31.1 Å². The number of ether oxygens (including phenoxy) is 1. The molecule has 8 nitrogen and oxygen atoms in total. The van der Waals surface area contributed by atoms with Crippen LogP contribution in [0.15, 0.2) is 67.0 Å². The molecule has 30 heavy (non-hydrogen) atoms. The predicted molar refractivity (Wildman–Crippen MR) is 112 cm³/mol. The molecule has 1 amide bonds. The van der Waals surface area contributed by atoms with Crippen LogP contribution < -0.4 is 10.1 Å². The Morgan fingerprint density at radius 3 is 2.77 bits per heavy atom. The van der Waals surface area contributed by atoms with Crippen LogP contribution >= 0.6 is 0 Å². The van der Waals surface area contributed by atoms with Crippen LogP contribution in [0.2, 0.25) is 0 Å². The maximum absolute atomic E-state index is 12.4. The monoisotopic (exact) mass is 400 g/mol. The molecule has 150 valence electrons. The molecular weight excluding hydrogens is 380 g/mol. The number of nitrogens with one attached hydrogen (secondary N) is 2. The summed E-state index contributed by atoms with van der Waals surface area (Å²) >= 11 is 0. The van der Waals surface area contributed by atoms with Crippen molar-refractivity contribution in [1.29, 1.82) is 0 Å². The lowest BCUT2D eigenvalue weighted by molar-refractivity contribution is -0.115. The van der Waals surface area contributed by atoms with Crippen molar-refractivity contribution in [3.05, 3.63) is 83.8 Å². The van der Waals surface area contributed by atoms with Crippen LogP contribution in [0.3, 0.4) is 0 Å². The number of hydrogen-bond acceptors (Lipinski definition) is 6. The van der Waals surface area contributed by atoms with Gasteiger partial charge in [0, 0.05) is 23.7 Å². The minimum absolute atomic E-state index is 0.177. The molecule has 0 saturated heterocycles. The van der Waals surface area contributed by atoms with Crippen molar-refractivity contribution in [2.24, 2.45) is 0 Å². The van der Waals surface area contributed by atoms with E-state index < -0.39 is 0 Å². The first-order chi connectivity index (χ1) is 14.7. The largest absolute Gasteiger partial charge is 0.489 e. The summed E-state index contributed by atoms with van der Waals surface area (Å²) in [4.78, 5) is 25.2. The third-order valence-electron chi connectivity index (χ3n) is 4.26. The summed E-state index contributed by atoms with van der Waals surface area (Å²) in [7, 11) is 0. The maximum atomic E-state index is 12.4. The van der Waals surface area contributed by atoms with Gasteiger partial charge in [-0.05, 0) is 42.8 Å². The summed E-state index contributed by atoms with van der Waals surface area (Å²) < 4.78 is 5.79. The highest BCUT2D eigenvalue weighted by atomic mass is 16.5. The Hall–Kier alpha value is -4.07. The van der Waals surface area contributed by atoms with E-state index in [0.29, 0.717) is 23.9 Å². The molecule has 0 radical (unpaired) electrons. The normalized spacial score (nSPS) is 10.6. The smallest absolute Gasteiger partial charge is 0.249 e. The number of anilines is 1. The van der Waals surface area contributed by atoms with E-state index in [-0.39, 0.29) is 18.3 Å². The molecule has 0 atom stereocenters. The molecule has 4 aromatic rings. The molecule has 2 N–H and O–H groups in total. The van der Waals surface area contributed by atoms with Crippen LogP contribution in [-0.2, 0) is 17.8 Å². The molecule has 0 fully saturated rings. The first-order valence-corrected chi connectivity index (χ1v) is 9.43. The lowest BCUT2D eigenvalue weighted by atomic mass is 10.1. The van der Waals surface area contributed by atoms with E-state index in [4.69, 9.17) is 4.74 Å². The number of aryl methyl sites for hydroxylation is 1. The van der Waals surface area contributed by atoms with Crippen molar-refractivity contribution in [2.45, 2.75) is 20.0 Å². The Morgan fingerprint density at radius 2 is 1.93 bits per heavy atom. The molecule has 1 aromatic carbocycles. The second kappa shape index (κ2) is 8.95. The number of benzene rings is 1. The minimum Gasteiger partial charge on any atom is -0.489 e. The molecule has 0 saturated carbocycles. The summed E-state index contributed by atoms with van der Waals surface area (Å²) in [5, 5.41) is 9.55. The van der Waals surface area contributed by atoms with Crippen molar-refractivity contribution in [2.75, 3.05) is 5.32 Å². The van der Waals surface area contributed by atoms with Gasteiger partial charge in [-0.15, -0.1) is 5.10 Å². The molecule has 4 rings (SSSR count). The van der Waals surface area contributed by atoms with Gasteiger partial charge in [-0.2, -0.15) is 4.98 Å². The van der Waals surface area contributed by atoms with Crippen LogP contribution in [0, 0.1) is 6.92 Å². The van der Waals surface area contributed by atoms with Crippen molar-refractivity contribution in [1.82, 2.24) is 25.1 Å². The Bertz CT molecular complexity index is 1140. The molecule has 0 unspecified atom stereocenters.